The summed E-state index contributed by atoms with van der Waals surface area (Å²) in [6.07, 6.45) is 0.182. The van der Waals surface area contributed by atoms with Crippen molar-refractivity contribution in [2.75, 3.05) is 0 Å². The normalized spacial score (nSPS) is 17.7. The summed E-state index contributed by atoms with van der Waals surface area (Å²) in [5.74, 6) is -0.157. The summed E-state index contributed by atoms with van der Waals surface area (Å²) in [7, 11) is 0. The molecule has 1 unspecified atom stereocenters. The van der Waals surface area contributed by atoms with Crippen LogP contribution >= 0.6 is 0 Å². The second kappa shape index (κ2) is 4.43. The van der Waals surface area contributed by atoms with Gasteiger partial charge in [0.2, 0.25) is 0 Å². The Morgan fingerprint density at radius 1 is 1.21 bits per heavy atom. The minimum atomic E-state index is -0.415. The lowest BCUT2D eigenvalue weighted by Gasteiger charge is -2.25. The van der Waals surface area contributed by atoms with Crippen LogP contribution in [-0.4, -0.2) is 11.1 Å². The molecule has 1 heterocycles. The third-order valence-electron chi connectivity index (χ3n) is 3.42. The van der Waals surface area contributed by atoms with Crippen LogP contribution in [0.25, 0.3) is 0 Å². The van der Waals surface area contributed by atoms with Crippen molar-refractivity contribution < 1.29 is 14.6 Å². The molecule has 3 nitrogen and oxygen atoms in total. The molecule has 0 fully saturated rings. The number of ether oxygens (including phenoxy) is 1. The maximum absolute atomic E-state index is 12.0. The number of aromatic hydroxyl groups is 1. The molecular weight excluding hydrogens is 240 g/mol. The highest BCUT2D eigenvalue weighted by Crippen LogP contribution is 2.35. The highest BCUT2D eigenvalue weighted by Gasteiger charge is 2.28. The van der Waals surface area contributed by atoms with Crippen LogP contribution in [0.15, 0.2) is 42.5 Å². The van der Waals surface area contributed by atoms with E-state index in [1.165, 1.54) is 0 Å². The standard InChI is InChI=1S/C16H14O3/c1-10-6-7-14(17)13(8-10)15-9-11-4-2-3-5-12(11)16(18)19-15/h2-8,15,17H,9H2,1H3. The summed E-state index contributed by atoms with van der Waals surface area (Å²) in [5, 5.41) is 9.93. The number of hydrogen-bond donors (Lipinski definition) is 1. The van der Waals surface area contributed by atoms with Crippen LogP contribution in [0.5, 0.6) is 5.75 Å². The van der Waals surface area contributed by atoms with E-state index in [-0.39, 0.29) is 11.7 Å². The van der Waals surface area contributed by atoms with E-state index in [4.69, 9.17) is 4.74 Å². The molecule has 0 spiro atoms. The Morgan fingerprint density at radius 2 is 2.00 bits per heavy atom. The summed E-state index contributed by atoms with van der Waals surface area (Å²) in [5.41, 5.74) is 3.28. The minimum Gasteiger partial charge on any atom is -0.508 e. The number of aryl methyl sites for hydroxylation is 1. The first-order valence-electron chi connectivity index (χ1n) is 6.23. The fraction of sp³-hybridized carbons (Fsp3) is 0.188. The highest BCUT2D eigenvalue weighted by molar-refractivity contribution is 5.92. The molecule has 1 aliphatic rings. The molecule has 0 aromatic heterocycles. The summed E-state index contributed by atoms with van der Waals surface area (Å²) >= 11 is 0. The van der Waals surface area contributed by atoms with Gasteiger partial charge >= 0.3 is 5.97 Å². The SMILES string of the molecule is Cc1ccc(O)c(C2Cc3ccccc3C(=O)O2)c1. The first-order chi connectivity index (χ1) is 9.15. The van der Waals surface area contributed by atoms with E-state index in [9.17, 15) is 9.90 Å². The number of carbonyl (C=O) groups is 1. The van der Waals surface area contributed by atoms with Gasteiger partial charge in [0.25, 0.3) is 0 Å². The lowest BCUT2D eigenvalue weighted by molar-refractivity contribution is 0.0248. The Labute approximate surface area is 111 Å². The van der Waals surface area contributed by atoms with Crippen molar-refractivity contribution in [3.05, 3.63) is 64.7 Å². The van der Waals surface area contributed by atoms with E-state index in [2.05, 4.69) is 0 Å². The number of phenols is 1. The summed E-state index contributed by atoms with van der Waals surface area (Å²) < 4.78 is 5.44. The Bertz CT molecular complexity index is 646. The monoisotopic (exact) mass is 254 g/mol. The van der Waals surface area contributed by atoms with Gasteiger partial charge in [0.15, 0.2) is 0 Å². The van der Waals surface area contributed by atoms with Gasteiger partial charge in [-0.2, -0.15) is 0 Å². The largest absolute Gasteiger partial charge is 0.508 e. The lowest BCUT2D eigenvalue weighted by Crippen LogP contribution is -2.21. The average molecular weight is 254 g/mol. The van der Waals surface area contributed by atoms with Gasteiger partial charge in [-0.1, -0.05) is 29.8 Å². The highest BCUT2D eigenvalue weighted by atomic mass is 16.5. The van der Waals surface area contributed by atoms with Crippen molar-refractivity contribution in [1.82, 2.24) is 0 Å². The summed E-state index contributed by atoms with van der Waals surface area (Å²) in [4.78, 5) is 12.0. The molecule has 0 saturated heterocycles. The van der Waals surface area contributed by atoms with Crippen LogP contribution in [-0.2, 0) is 11.2 Å². The van der Waals surface area contributed by atoms with E-state index in [0.29, 0.717) is 17.5 Å². The molecule has 2 aromatic carbocycles. The third kappa shape index (κ3) is 2.08. The van der Waals surface area contributed by atoms with Crippen LogP contribution in [0.1, 0.15) is 33.2 Å². The first-order valence-corrected chi connectivity index (χ1v) is 6.23. The Kier molecular flexibility index (Phi) is 2.75. The fourth-order valence-electron chi connectivity index (χ4n) is 2.44. The number of rotatable bonds is 1. The molecule has 0 amide bonds. The van der Waals surface area contributed by atoms with Crippen molar-refractivity contribution in [1.29, 1.82) is 0 Å². The first kappa shape index (κ1) is 11.8. The quantitative estimate of drug-likeness (QED) is 0.795. The van der Waals surface area contributed by atoms with Gasteiger partial charge in [0.1, 0.15) is 11.9 Å². The molecule has 0 bridgehead atoms. The van der Waals surface area contributed by atoms with Crippen LogP contribution in [0, 0.1) is 6.92 Å². The Hall–Kier alpha value is -2.29. The van der Waals surface area contributed by atoms with Gasteiger partial charge in [-0.05, 0) is 30.7 Å². The minimum absolute atomic E-state index is 0.169. The molecule has 1 atom stereocenters. The predicted molar refractivity (Wildman–Crippen MR) is 71.1 cm³/mol. The van der Waals surface area contributed by atoms with Crippen LogP contribution in [0.3, 0.4) is 0 Å². The van der Waals surface area contributed by atoms with Crippen LogP contribution < -0.4 is 0 Å². The van der Waals surface area contributed by atoms with Gasteiger partial charge in [0, 0.05) is 12.0 Å². The number of benzene rings is 2. The number of fused-ring (bicyclic) bond motifs is 1. The average Bonchev–Trinajstić information content (AvgIpc) is 2.41. The van der Waals surface area contributed by atoms with Gasteiger partial charge in [-0.25, -0.2) is 4.79 Å². The lowest BCUT2D eigenvalue weighted by atomic mass is 9.93. The van der Waals surface area contributed by atoms with Crippen molar-refractivity contribution in [3.63, 3.8) is 0 Å². The zero-order chi connectivity index (χ0) is 13.4. The van der Waals surface area contributed by atoms with Gasteiger partial charge in [-0.15, -0.1) is 0 Å². The number of esters is 1. The second-order valence-electron chi connectivity index (χ2n) is 4.82. The van der Waals surface area contributed by atoms with E-state index >= 15 is 0 Å². The number of cyclic esters (lactones) is 1. The Morgan fingerprint density at radius 3 is 2.84 bits per heavy atom. The molecule has 3 heteroatoms. The fourth-order valence-corrected chi connectivity index (χ4v) is 2.44. The van der Waals surface area contributed by atoms with Gasteiger partial charge in [-0.3, -0.25) is 0 Å². The van der Waals surface area contributed by atoms with Crippen molar-refractivity contribution in [2.45, 2.75) is 19.4 Å². The number of carbonyl (C=O) groups excluding carboxylic acids is 1. The van der Waals surface area contributed by atoms with Crippen molar-refractivity contribution >= 4 is 5.97 Å². The maximum Gasteiger partial charge on any atom is 0.339 e. The zero-order valence-electron chi connectivity index (χ0n) is 10.6. The van der Waals surface area contributed by atoms with Crippen LogP contribution in [0.2, 0.25) is 0 Å². The molecule has 3 rings (SSSR count). The van der Waals surface area contributed by atoms with E-state index in [1.807, 2.05) is 37.3 Å². The van der Waals surface area contributed by atoms with E-state index in [1.54, 1.807) is 12.1 Å². The molecule has 0 aliphatic carbocycles. The molecule has 0 radical (unpaired) electrons. The third-order valence-corrected chi connectivity index (χ3v) is 3.42. The molecule has 96 valence electrons. The molecule has 2 aromatic rings. The molecule has 1 aliphatic heterocycles. The summed E-state index contributed by atoms with van der Waals surface area (Å²) in [6.45, 7) is 1.95. The van der Waals surface area contributed by atoms with Crippen LogP contribution in [0.4, 0.5) is 0 Å². The second-order valence-corrected chi connectivity index (χ2v) is 4.82. The van der Waals surface area contributed by atoms with E-state index in [0.717, 1.165) is 11.1 Å². The smallest absolute Gasteiger partial charge is 0.339 e. The number of hydrogen-bond acceptors (Lipinski definition) is 3. The molecular formula is C16H14O3. The topological polar surface area (TPSA) is 46.5 Å². The maximum atomic E-state index is 12.0. The predicted octanol–water partition coefficient (Wildman–Crippen LogP) is 3.15. The zero-order valence-corrected chi connectivity index (χ0v) is 10.6. The van der Waals surface area contributed by atoms with E-state index < -0.39 is 6.10 Å². The summed E-state index contributed by atoms with van der Waals surface area (Å²) in [6, 6.07) is 12.8. The molecule has 1 N–H and O–H groups in total. The van der Waals surface area contributed by atoms with Crippen molar-refractivity contribution in [3.8, 4) is 5.75 Å². The molecule has 19 heavy (non-hydrogen) atoms. The van der Waals surface area contributed by atoms with Crippen molar-refractivity contribution in [2.24, 2.45) is 0 Å². The van der Waals surface area contributed by atoms with Gasteiger partial charge < -0.3 is 9.84 Å². The Balaban J connectivity index is 2.01. The number of phenolic OH excluding ortho intramolecular Hbond substituents is 1. The molecule has 0 saturated carbocycles. The van der Waals surface area contributed by atoms with Gasteiger partial charge in [0.05, 0.1) is 5.56 Å².